The first-order valence-corrected chi connectivity index (χ1v) is 13.1. The van der Waals surface area contributed by atoms with Crippen LogP contribution in [0.3, 0.4) is 0 Å². The zero-order valence-electron chi connectivity index (χ0n) is 18.9. The van der Waals surface area contributed by atoms with Crippen LogP contribution in [0.2, 0.25) is 0 Å². The molecule has 0 amide bonds. The summed E-state index contributed by atoms with van der Waals surface area (Å²) in [6.07, 6.45) is 6.99. The van der Waals surface area contributed by atoms with Crippen molar-refractivity contribution >= 4 is 42.9 Å². The van der Waals surface area contributed by atoms with Gasteiger partial charge in [0.2, 0.25) is 0 Å². The molecule has 0 fully saturated rings. The van der Waals surface area contributed by atoms with Gasteiger partial charge in [-0.1, -0.05) is 18.2 Å². The van der Waals surface area contributed by atoms with Crippen molar-refractivity contribution < 1.29 is 17.3 Å². The van der Waals surface area contributed by atoms with Gasteiger partial charge in [-0.25, -0.2) is 4.98 Å². The number of rotatable bonds is 2. The van der Waals surface area contributed by atoms with Crippen molar-refractivity contribution in [3.8, 4) is 22.8 Å². The second-order valence-corrected chi connectivity index (χ2v) is 7.46. The minimum atomic E-state index is 0.573. The number of hydrogen-bond donors (Lipinski definition) is 2. The van der Waals surface area contributed by atoms with Crippen LogP contribution >= 0.6 is 9.69 Å². The van der Waals surface area contributed by atoms with Gasteiger partial charge in [0.05, 0.1) is 45.2 Å². The summed E-state index contributed by atoms with van der Waals surface area (Å²) in [5.74, 6) is 0. The number of aromatic nitrogens is 5. The number of hydrogen-bond acceptors (Lipinski definition) is 7. The number of nitrogens with zero attached hydrogens (tertiary/aromatic N) is 5. The second-order valence-electron chi connectivity index (χ2n) is 7.46. The average Bonchev–Trinajstić information content (AvgIpc) is 2.98. The summed E-state index contributed by atoms with van der Waals surface area (Å²) in [7, 11) is 4.57. The Labute approximate surface area is 222 Å². The fourth-order valence-electron chi connectivity index (χ4n) is 3.66. The summed E-state index contributed by atoms with van der Waals surface area (Å²) in [6.45, 7) is 0. The molecular formula is C27H21ClN7Ru. The largest absolute Gasteiger partial charge is 0.255 e. The van der Waals surface area contributed by atoms with Crippen LogP contribution in [0.4, 0.5) is 11.4 Å². The fourth-order valence-corrected chi connectivity index (χ4v) is 3.66. The standard InChI is InChI=1S/C15H11N3.C12H10N4.ClH.Ru/c1-3-10-16-12(6-1)14-8-5-9-15(18-14)13-7-2-4-11-17-13;13-9-7-3-1-5-15-11(7)12-8(10(9)14)4-2-6-16-12;;/h1-11H;1-6H,13-14H2;1H;/q;;;+1/p-1. The Morgan fingerprint density at radius 1 is 0.472 bits per heavy atom. The molecule has 5 aromatic heterocycles. The molecule has 0 saturated heterocycles. The van der Waals surface area contributed by atoms with Gasteiger partial charge in [-0.3, -0.25) is 19.9 Å². The maximum absolute atomic E-state index is 5.99. The van der Waals surface area contributed by atoms with E-state index in [2.05, 4.69) is 34.6 Å². The zero-order chi connectivity index (χ0) is 25.3. The number of anilines is 2. The first-order chi connectivity index (χ1) is 17.7. The van der Waals surface area contributed by atoms with Crippen molar-refractivity contribution in [2.75, 3.05) is 11.5 Å². The minimum absolute atomic E-state index is 0.573. The van der Waals surface area contributed by atoms with E-state index in [0.717, 1.165) is 44.6 Å². The molecule has 6 aromatic rings. The molecule has 0 aliphatic heterocycles. The van der Waals surface area contributed by atoms with Gasteiger partial charge in [-0.05, 0) is 60.7 Å². The van der Waals surface area contributed by atoms with Crippen LogP contribution in [-0.4, -0.2) is 24.9 Å². The van der Waals surface area contributed by atoms with Gasteiger partial charge in [0.1, 0.15) is 0 Å². The molecule has 0 aliphatic carbocycles. The summed E-state index contributed by atoms with van der Waals surface area (Å²) in [5.41, 5.74) is 18.2. The Balaban J connectivity index is 0.000000159. The Morgan fingerprint density at radius 2 is 0.889 bits per heavy atom. The smallest absolute Gasteiger partial charge is 0.0894 e. The van der Waals surface area contributed by atoms with Gasteiger partial charge >= 0.3 is 27.0 Å². The van der Waals surface area contributed by atoms with E-state index in [0.29, 0.717) is 11.4 Å². The van der Waals surface area contributed by atoms with E-state index < -0.39 is 0 Å². The van der Waals surface area contributed by atoms with Gasteiger partial charge in [-0.15, -0.1) is 0 Å². The number of nitrogen functional groups attached to an aromatic ring is 2. The van der Waals surface area contributed by atoms with Crippen molar-refractivity contribution in [2.24, 2.45) is 0 Å². The number of pyridine rings is 5. The molecule has 0 spiro atoms. The molecule has 0 radical (unpaired) electrons. The van der Waals surface area contributed by atoms with E-state index in [1.165, 1.54) is 0 Å². The van der Waals surface area contributed by atoms with Gasteiger partial charge in [0.15, 0.2) is 0 Å². The van der Waals surface area contributed by atoms with Crippen molar-refractivity contribution in [3.63, 3.8) is 0 Å². The molecule has 36 heavy (non-hydrogen) atoms. The fraction of sp³-hybridized carbons (Fsp3) is 0. The summed E-state index contributed by atoms with van der Waals surface area (Å²) >= 11 is 1.82. The van der Waals surface area contributed by atoms with E-state index in [4.69, 9.17) is 11.5 Å². The third kappa shape index (κ3) is 5.46. The van der Waals surface area contributed by atoms with Crippen LogP contribution in [0.25, 0.3) is 44.6 Å². The van der Waals surface area contributed by atoms with Crippen molar-refractivity contribution in [1.82, 2.24) is 24.9 Å². The Hall–Kier alpha value is -4.00. The Kier molecular flexibility index (Phi) is 8.45. The quantitative estimate of drug-likeness (QED) is 0.115. The van der Waals surface area contributed by atoms with Gasteiger partial charge in [-0.2, -0.15) is 0 Å². The molecule has 0 bridgehead atoms. The molecule has 6 rings (SSSR count). The monoisotopic (exact) mass is 580 g/mol. The number of benzene rings is 1. The number of fused-ring (bicyclic) bond motifs is 3. The van der Waals surface area contributed by atoms with E-state index in [-0.39, 0.29) is 0 Å². The SMILES string of the molecule is Nc1c(N)c2cccnc2c2ncccc12.[Cl][Ru].c1ccc(-c2cccc(-c3ccccn3)n2)nc1. The maximum Gasteiger partial charge on any atom is 0.0894 e. The third-order valence-electron chi connectivity index (χ3n) is 5.31. The van der Waals surface area contributed by atoms with Crippen LogP contribution in [0, 0.1) is 0 Å². The molecule has 0 atom stereocenters. The zero-order valence-corrected chi connectivity index (χ0v) is 21.4. The molecule has 9 heteroatoms. The van der Waals surface area contributed by atoms with Crippen LogP contribution in [0.1, 0.15) is 0 Å². The molecule has 0 saturated carbocycles. The molecule has 0 aliphatic rings. The molecule has 5 heterocycles. The van der Waals surface area contributed by atoms with Gasteiger partial charge in [0, 0.05) is 35.6 Å². The molecule has 0 unspecified atom stereocenters. The second kappa shape index (κ2) is 12.1. The van der Waals surface area contributed by atoms with E-state index in [1.807, 2.05) is 96.2 Å². The van der Waals surface area contributed by atoms with Crippen LogP contribution in [0.5, 0.6) is 0 Å². The summed E-state index contributed by atoms with van der Waals surface area (Å²) in [4.78, 5) is 21.8. The Bertz CT molecular complexity index is 1470. The molecule has 4 N–H and O–H groups in total. The molecule has 7 nitrogen and oxygen atoms in total. The topological polar surface area (TPSA) is 116 Å². The van der Waals surface area contributed by atoms with E-state index in [9.17, 15) is 0 Å². The van der Waals surface area contributed by atoms with Crippen LogP contribution in [0.15, 0.2) is 104 Å². The summed E-state index contributed by atoms with van der Waals surface area (Å²) in [5, 5.41) is 1.71. The van der Waals surface area contributed by atoms with Crippen LogP contribution < -0.4 is 11.5 Å². The van der Waals surface area contributed by atoms with E-state index in [1.54, 1.807) is 24.8 Å². The van der Waals surface area contributed by atoms with E-state index >= 15 is 0 Å². The normalized spacial score (nSPS) is 10.2. The van der Waals surface area contributed by atoms with Crippen molar-refractivity contribution in [2.45, 2.75) is 0 Å². The van der Waals surface area contributed by atoms with Gasteiger partial charge < -0.3 is 11.5 Å². The average molecular weight is 580 g/mol. The molecule has 1 aromatic carbocycles. The van der Waals surface area contributed by atoms with Crippen molar-refractivity contribution in [3.05, 3.63) is 104 Å². The Morgan fingerprint density at radius 3 is 1.31 bits per heavy atom. The van der Waals surface area contributed by atoms with Crippen LogP contribution in [-0.2, 0) is 17.3 Å². The summed E-state index contributed by atoms with van der Waals surface area (Å²) < 4.78 is 0. The maximum atomic E-state index is 5.99. The predicted molar refractivity (Wildman–Crippen MR) is 142 cm³/mol. The van der Waals surface area contributed by atoms with Gasteiger partial charge in [0.25, 0.3) is 0 Å². The minimum Gasteiger partial charge on any atom is -0.255 e. The van der Waals surface area contributed by atoms with Crippen molar-refractivity contribution in [1.29, 1.82) is 0 Å². The molecular weight excluding hydrogens is 559 g/mol. The third-order valence-corrected chi connectivity index (χ3v) is 5.31. The predicted octanol–water partition coefficient (Wildman–Crippen LogP) is 5.84. The first-order valence-electron chi connectivity index (χ1n) is 10.8. The molecule has 179 valence electrons. The first kappa shape index (κ1) is 25.1. The number of halogens is 1. The summed E-state index contributed by atoms with van der Waals surface area (Å²) in [6, 6.07) is 25.0. The number of nitrogens with two attached hydrogens (primary N) is 2.